The number of hydrogen-bond acceptors (Lipinski definition) is 4. The fourth-order valence-electron chi connectivity index (χ4n) is 1.64. The monoisotopic (exact) mass is 255 g/mol. The maximum Gasteiger partial charge on any atom is 0.347 e. The highest BCUT2D eigenvalue weighted by Gasteiger charge is 1.98. The van der Waals surface area contributed by atoms with E-state index in [4.69, 9.17) is 10.00 Å². The third-order valence-electron chi connectivity index (χ3n) is 2.56. The number of aromatic nitrogens is 2. The summed E-state index contributed by atoms with van der Waals surface area (Å²) in [7, 11) is 0. The zero-order valence-electron chi connectivity index (χ0n) is 10.3. The van der Waals surface area contributed by atoms with Crippen molar-refractivity contribution in [2.45, 2.75) is 13.0 Å². The molecule has 0 unspecified atom stereocenters. The third-order valence-corrected chi connectivity index (χ3v) is 2.56. The minimum absolute atomic E-state index is 0.256. The molecule has 0 fully saturated rings. The SMILES string of the molecule is N#Cc1cccc(OCCCn2cccnc2=O)c1. The summed E-state index contributed by atoms with van der Waals surface area (Å²) in [6.07, 6.45) is 3.87. The van der Waals surface area contributed by atoms with E-state index in [0.717, 1.165) is 0 Å². The van der Waals surface area contributed by atoms with Gasteiger partial charge in [0.1, 0.15) is 5.75 Å². The molecule has 0 spiro atoms. The molecule has 5 heteroatoms. The third kappa shape index (κ3) is 3.68. The first kappa shape index (κ1) is 12.8. The predicted molar refractivity (Wildman–Crippen MR) is 69.8 cm³/mol. The van der Waals surface area contributed by atoms with Gasteiger partial charge >= 0.3 is 5.69 Å². The molecule has 1 aromatic carbocycles. The van der Waals surface area contributed by atoms with E-state index >= 15 is 0 Å². The maximum atomic E-state index is 11.3. The Labute approximate surface area is 110 Å². The molecule has 1 heterocycles. The molecule has 0 N–H and O–H groups in total. The standard InChI is InChI=1S/C14H13N3O2/c15-11-12-4-1-5-13(10-12)19-9-3-8-17-7-2-6-16-14(17)18/h1-2,4-7,10H,3,8-9H2. The molecule has 0 bridgehead atoms. The summed E-state index contributed by atoms with van der Waals surface area (Å²) < 4.78 is 7.06. The highest BCUT2D eigenvalue weighted by molar-refractivity contribution is 5.36. The second-order valence-corrected chi connectivity index (χ2v) is 3.94. The van der Waals surface area contributed by atoms with Crippen LogP contribution in [-0.4, -0.2) is 16.2 Å². The highest BCUT2D eigenvalue weighted by atomic mass is 16.5. The van der Waals surface area contributed by atoms with E-state index in [1.54, 1.807) is 36.5 Å². The molecular weight excluding hydrogens is 242 g/mol. The molecule has 0 radical (unpaired) electrons. The number of nitriles is 1. The first-order valence-electron chi connectivity index (χ1n) is 5.94. The number of nitrogens with zero attached hydrogens (tertiary/aromatic N) is 3. The molecule has 0 atom stereocenters. The van der Waals surface area contributed by atoms with E-state index < -0.39 is 0 Å². The molecule has 0 aliphatic heterocycles. The summed E-state index contributed by atoms with van der Waals surface area (Å²) in [5.41, 5.74) is 0.315. The van der Waals surface area contributed by atoms with E-state index in [-0.39, 0.29) is 5.69 Å². The predicted octanol–water partition coefficient (Wildman–Crippen LogP) is 1.58. The Bertz CT molecular complexity index is 643. The van der Waals surface area contributed by atoms with Gasteiger partial charge in [-0.15, -0.1) is 0 Å². The Morgan fingerprint density at radius 2 is 2.26 bits per heavy atom. The zero-order valence-corrected chi connectivity index (χ0v) is 10.3. The summed E-state index contributed by atoms with van der Waals surface area (Å²) in [6, 6.07) is 10.8. The topological polar surface area (TPSA) is 67.9 Å². The van der Waals surface area contributed by atoms with Crippen molar-refractivity contribution in [3.63, 3.8) is 0 Å². The minimum Gasteiger partial charge on any atom is -0.493 e. The Morgan fingerprint density at radius 3 is 3.05 bits per heavy atom. The molecule has 0 amide bonds. The van der Waals surface area contributed by atoms with Gasteiger partial charge in [0, 0.05) is 18.9 Å². The van der Waals surface area contributed by atoms with Crippen LogP contribution in [0.5, 0.6) is 5.75 Å². The van der Waals surface area contributed by atoms with E-state index in [1.165, 1.54) is 10.8 Å². The van der Waals surface area contributed by atoms with Gasteiger partial charge in [0.25, 0.3) is 0 Å². The zero-order chi connectivity index (χ0) is 13.5. The summed E-state index contributed by atoms with van der Waals surface area (Å²) in [5.74, 6) is 0.664. The second-order valence-electron chi connectivity index (χ2n) is 3.94. The van der Waals surface area contributed by atoms with Crippen LogP contribution < -0.4 is 10.4 Å². The Morgan fingerprint density at radius 1 is 1.37 bits per heavy atom. The lowest BCUT2D eigenvalue weighted by molar-refractivity contribution is 0.300. The normalized spacial score (nSPS) is 9.84. The number of ether oxygens (including phenoxy) is 1. The van der Waals surface area contributed by atoms with E-state index in [9.17, 15) is 4.79 Å². The van der Waals surface area contributed by atoms with Gasteiger partial charge in [-0.3, -0.25) is 4.57 Å². The molecule has 0 saturated heterocycles. The Kier molecular flexibility index (Phi) is 4.29. The van der Waals surface area contributed by atoms with Crippen molar-refractivity contribution >= 4 is 0 Å². The smallest absolute Gasteiger partial charge is 0.347 e. The largest absolute Gasteiger partial charge is 0.493 e. The van der Waals surface area contributed by atoms with Crippen molar-refractivity contribution in [3.05, 3.63) is 58.8 Å². The average molecular weight is 255 g/mol. The van der Waals surface area contributed by atoms with Crippen molar-refractivity contribution in [1.29, 1.82) is 5.26 Å². The minimum atomic E-state index is -0.256. The molecule has 1 aromatic heterocycles. The first-order valence-corrected chi connectivity index (χ1v) is 5.94. The fourth-order valence-corrected chi connectivity index (χ4v) is 1.64. The van der Waals surface area contributed by atoms with Crippen LogP contribution in [0.25, 0.3) is 0 Å². The molecular formula is C14H13N3O2. The van der Waals surface area contributed by atoms with Gasteiger partial charge in [0.05, 0.1) is 18.2 Å². The van der Waals surface area contributed by atoms with Crippen LogP contribution in [-0.2, 0) is 6.54 Å². The molecule has 2 rings (SSSR count). The second kappa shape index (κ2) is 6.36. The number of aryl methyl sites for hydroxylation is 1. The fraction of sp³-hybridized carbons (Fsp3) is 0.214. The van der Waals surface area contributed by atoms with Crippen LogP contribution in [0.2, 0.25) is 0 Å². The molecule has 0 saturated carbocycles. The van der Waals surface area contributed by atoms with Crippen molar-refractivity contribution < 1.29 is 4.74 Å². The maximum absolute atomic E-state index is 11.3. The van der Waals surface area contributed by atoms with E-state index in [1.807, 2.05) is 0 Å². The van der Waals surface area contributed by atoms with Crippen LogP contribution in [0.15, 0.2) is 47.5 Å². The van der Waals surface area contributed by atoms with Gasteiger partial charge in [-0.2, -0.15) is 5.26 Å². The van der Waals surface area contributed by atoms with Gasteiger partial charge in [-0.25, -0.2) is 9.78 Å². The van der Waals surface area contributed by atoms with Gasteiger partial charge in [-0.05, 0) is 30.7 Å². The Hall–Kier alpha value is -2.61. The lowest BCUT2D eigenvalue weighted by atomic mass is 10.2. The molecule has 2 aromatic rings. The van der Waals surface area contributed by atoms with Gasteiger partial charge in [0.2, 0.25) is 0 Å². The highest BCUT2D eigenvalue weighted by Crippen LogP contribution is 2.12. The quantitative estimate of drug-likeness (QED) is 0.761. The lowest BCUT2D eigenvalue weighted by Crippen LogP contribution is -2.22. The molecule has 0 aliphatic rings. The summed E-state index contributed by atoms with van der Waals surface area (Å²) >= 11 is 0. The van der Waals surface area contributed by atoms with Crippen LogP contribution in [0.3, 0.4) is 0 Å². The van der Waals surface area contributed by atoms with Crippen LogP contribution in [0.4, 0.5) is 0 Å². The Balaban J connectivity index is 1.83. The van der Waals surface area contributed by atoms with Crippen molar-refractivity contribution in [2.24, 2.45) is 0 Å². The number of benzene rings is 1. The van der Waals surface area contributed by atoms with Crippen LogP contribution in [0, 0.1) is 11.3 Å². The number of hydrogen-bond donors (Lipinski definition) is 0. The summed E-state index contributed by atoms with van der Waals surface area (Å²) in [5, 5.41) is 8.76. The summed E-state index contributed by atoms with van der Waals surface area (Å²) in [4.78, 5) is 15.0. The van der Waals surface area contributed by atoms with Crippen molar-refractivity contribution in [2.75, 3.05) is 6.61 Å². The average Bonchev–Trinajstić information content (AvgIpc) is 2.45. The lowest BCUT2D eigenvalue weighted by Gasteiger charge is -2.07. The van der Waals surface area contributed by atoms with Crippen LogP contribution >= 0.6 is 0 Å². The first-order chi connectivity index (χ1) is 9.29. The van der Waals surface area contributed by atoms with Crippen molar-refractivity contribution in [1.82, 2.24) is 9.55 Å². The van der Waals surface area contributed by atoms with Gasteiger partial charge in [0.15, 0.2) is 0 Å². The number of rotatable bonds is 5. The molecule has 19 heavy (non-hydrogen) atoms. The van der Waals surface area contributed by atoms with Gasteiger partial charge < -0.3 is 4.74 Å². The van der Waals surface area contributed by atoms with E-state index in [2.05, 4.69) is 11.1 Å². The van der Waals surface area contributed by atoms with Crippen molar-refractivity contribution in [3.8, 4) is 11.8 Å². The van der Waals surface area contributed by atoms with Gasteiger partial charge in [-0.1, -0.05) is 6.07 Å². The molecule has 96 valence electrons. The summed E-state index contributed by atoms with van der Waals surface area (Å²) in [6.45, 7) is 1.04. The molecule has 0 aliphatic carbocycles. The van der Waals surface area contributed by atoms with E-state index in [0.29, 0.717) is 30.9 Å². The molecule has 5 nitrogen and oxygen atoms in total. The van der Waals surface area contributed by atoms with Crippen LogP contribution in [0.1, 0.15) is 12.0 Å².